The smallest absolute Gasteiger partial charge is 0.258 e. The van der Waals surface area contributed by atoms with Gasteiger partial charge in [0.25, 0.3) is 22.7 Å². The fourth-order valence-electron chi connectivity index (χ4n) is 3.34. The monoisotopic (exact) mass is 450 g/mol. The standard InChI is InChI=1S/C18H18N4O8S/c1-17(2,13-7-5-11(19(23)24)9-15(13)21(27)28)31-18(3,4)14-8-6-12(20(25)26)10-16(14)22(29)30/h5-10H,1-4H3. The number of hydrogen-bond donors (Lipinski definition) is 0. The van der Waals surface area contributed by atoms with Gasteiger partial charge in [0.05, 0.1) is 31.8 Å². The van der Waals surface area contributed by atoms with Gasteiger partial charge in [0.15, 0.2) is 0 Å². The maximum Gasteiger partial charge on any atom is 0.280 e. The highest BCUT2D eigenvalue weighted by molar-refractivity contribution is 8.01. The van der Waals surface area contributed by atoms with Crippen molar-refractivity contribution >= 4 is 34.5 Å². The summed E-state index contributed by atoms with van der Waals surface area (Å²) in [5, 5.41) is 45.1. The summed E-state index contributed by atoms with van der Waals surface area (Å²) in [5.74, 6) is 0. The second-order valence-electron chi connectivity index (χ2n) is 7.55. The van der Waals surface area contributed by atoms with E-state index in [1.165, 1.54) is 12.1 Å². The lowest BCUT2D eigenvalue weighted by Gasteiger charge is -2.34. The van der Waals surface area contributed by atoms with Crippen molar-refractivity contribution in [2.45, 2.75) is 37.2 Å². The summed E-state index contributed by atoms with van der Waals surface area (Å²) in [4.78, 5) is 42.2. The lowest BCUT2D eigenvalue weighted by molar-refractivity contribution is -0.394. The molecule has 164 valence electrons. The third-order valence-electron chi connectivity index (χ3n) is 4.59. The van der Waals surface area contributed by atoms with E-state index in [0.717, 1.165) is 36.0 Å². The molecule has 2 aromatic carbocycles. The highest BCUT2D eigenvalue weighted by Crippen LogP contribution is 2.52. The van der Waals surface area contributed by atoms with Crippen LogP contribution in [0.1, 0.15) is 38.8 Å². The minimum Gasteiger partial charge on any atom is -0.258 e. The van der Waals surface area contributed by atoms with Crippen LogP contribution < -0.4 is 0 Å². The molecule has 0 aliphatic rings. The molecule has 31 heavy (non-hydrogen) atoms. The molecule has 0 radical (unpaired) electrons. The molecule has 0 aromatic heterocycles. The number of benzene rings is 2. The lowest BCUT2D eigenvalue weighted by Crippen LogP contribution is -2.24. The van der Waals surface area contributed by atoms with Crippen LogP contribution in [0.15, 0.2) is 36.4 Å². The first kappa shape index (κ1) is 23.7. The molecule has 0 saturated carbocycles. The number of hydrogen-bond acceptors (Lipinski definition) is 9. The Balaban J connectivity index is 2.56. The Morgan fingerprint density at radius 1 is 0.613 bits per heavy atom. The number of rotatable bonds is 8. The second kappa shape index (κ2) is 8.26. The van der Waals surface area contributed by atoms with Gasteiger partial charge in [0, 0.05) is 32.8 Å². The molecule has 0 N–H and O–H groups in total. The first-order chi connectivity index (χ1) is 14.2. The van der Waals surface area contributed by atoms with Crippen molar-refractivity contribution in [1.82, 2.24) is 0 Å². The third kappa shape index (κ3) is 4.94. The zero-order valence-corrected chi connectivity index (χ0v) is 17.7. The largest absolute Gasteiger partial charge is 0.280 e. The summed E-state index contributed by atoms with van der Waals surface area (Å²) in [6.07, 6.45) is 0. The van der Waals surface area contributed by atoms with E-state index in [4.69, 9.17) is 0 Å². The molecule has 12 nitrogen and oxygen atoms in total. The van der Waals surface area contributed by atoms with Crippen molar-refractivity contribution in [2.24, 2.45) is 0 Å². The average Bonchev–Trinajstić information content (AvgIpc) is 2.65. The van der Waals surface area contributed by atoms with Crippen molar-refractivity contribution in [3.8, 4) is 0 Å². The average molecular weight is 450 g/mol. The molecule has 0 bridgehead atoms. The molecule has 0 atom stereocenters. The third-order valence-corrected chi connectivity index (χ3v) is 6.05. The van der Waals surface area contributed by atoms with E-state index in [2.05, 4.69) is 0 Å². The van der Waals surface area contributed by atoms with Gasteiger partial charge in [-0.05, 0) is 39.8 Å². The number of nitrogens with zero attached hydrogens (tertiary/aromatic N) is 4. The van der Waals surface area contributed by atoms with Gasteiger partial charge in [-0.2, -0.15) is 0 Å². The zero-order chi connectivity index (χ0) is 23.7. The number of non-ortho nitro benzene ring substituents is 2. The molecule has 0 fully saturated rings. The van der Waals surface area contributed by atoms with Gasteiger partial charge >= 0.3 is 0 Å². The minimum absolute atomic E-state index is 0.200. The summed E-state index contributed by atoms with van der Waals surface area (Å²) in [6.45, 7) is 6.63. The summed E-state index contributed by atoms with van der Waals surface area (Å²) in [7, 11) is 0. The van der Waals surface area contributed by atoms with Gasteiger partial charge in [-0.25, -0.2) is 0 Å². The first-order valence-electron chi connectivity index (χ1n) is 8.74. The highest BCUT2D eigenvalue weighted by Gasteiger charge is 2.40. The maximum atomic E-state index is 11.5. The fraction of sp³-hybridized carbons (Fsp3) is 0.333. The quantitative estimate of drug-likeness (QED) is 0.385. The van der Waals surface area contributed by atoms with Crippen molar-refractivity contribution in [2.75, 3.05) is 0 Å². The highest BCUT2D eigenvalue weighted by atomic mass is 32.2. The van der Waals surface area contributed by atoms with Crippen molar-refractivity contribution < 1.29 is 19.7 Å². The fourth-order valence-corrected chi connectivity index (χ4v) is 5.18. The summed E-state index contributed by atoms with van der Waals surface area (Å²) >= 11 is 1.15. The first-order valence-corrected chi connectivity index (χ1v) is 9.56. The normalized spacial score (nSPS) is 11.7. The Hall–Kier alpha value is -3.61. The minimum atomic E-state index is -1.00. The van der Waals surface area contributed by atoms with Crippen LogP contribution >= 0.6 is 11.8 Å². The molecule has 2 aromatic rings. The Morgan fingerprint density at radius 2 is 0.935 bits per heavy atom. The molecule has 0 heterocycles. The molecule has 0 amide bonds. The number of thioether (sulfide) groups is 1. The van der Waals surface area contributed by atoms with E-state index < -0.39 is 51.9 Å². The van der Waals surface area contributed by atoms with Crippen LogP contribution in [0.4, 0.5) is 22.7 Å². The summed E-state index contributed by atoms with van der Waals surface area (Å²) in [6, 6.07) is 6.66. The summed E-state index contributed by atoms with van der Waals surface area (Å²) < 4.78 is -2.01. The molecule has 0 aliphatic carbocycles. The maximum absolute atomic E-state index is 11.5. The van der Waals surface area contributed by atoms with Gasteiger partial charge in [0.2, 0.25) is 0 Å². The Labute approximate surface area is 179 Å². The molecule has 0 unspecified atom stereocenters. The van der Waals surface area contributed by atoms with Crippen molar-refractivity contribution in [1.29, 1.82) is 0 Å². The predicted octanol–water partition coefficient (Wildman–Crippen LogP) is 5.22. The van der Waals surface area contributed by atoms with Crippen molar-refractivity contribution in [3.05, 3.63) is 88.0 Å². The van der Waals surface area contributed by atoms with Crippen LogP contribution in [0, 0.1) is 40.5 Å². The predicted molar refractivity (Wildman–Crippen MR) is 113 cm³/mol. The van der Waals surface area contributed by atoms with Crippen LogP contribution in [-0.2, 0) is 9.49 Å². The molecule has 2 rings (SSSR count). The molecule has 0 saturated heterocycles. The van der Waals surface area contributed by atoms with Gasteiger partial charge in [-0.1, -0.05) is 0 Å². The molecular formula is C18H18N4O8S. The van der Waals surface area contributed by atoms with Crippen molar-refractivity contribution in [3.63, 3.8) is 0 Å². The Bertz CT molecular complexity index is 1010. The SMILES string of the molecule is CC(C)(SC(C)(C)c1ccc([N+](=O)[O-])cc1[N+](=O)[O-])c1ccc([N+](=O)[O-])cc1[N+](=O)[O-]. The zero-order valence-electron chi connectivity index (χ0n) is 16.9. The van der Waals surface area contributed by atoms with E-state index in [9.17, 15) is 40.5 Å². The van der Waals surface area contributed by atoms with Gasteiger partial charge in [0.1, 0.15) is 0 Å². The number of nitro benzene ring substituents is 4. The van der Waals surface area contributed by atoms with Crippen LogP contribution in [0.2, 0.25) is 0 Å². The topological polar surface area (TPSA) is 173 Å². The number of nitro groups is 4. The second-order valence-corrected chi connectivity index (χ2v) is 9.80. The Kier molecular flexibility index (Phi) is 6.30. The van der Waals surface area contributed by atoms with Crippen LogP contribution in [0.5, 0.6) is 0 Å². The van der Waals surface area contributed by atoms with E-state index in [-0.39, 0.29) is 11.1 Å². The van der Waals surface area contributed by atoms with Gasteiger partial charge < -0.3 is 0 Å². The van der Waals surface area contributed by atoms with Gasteiger partial charge in [-0.15, -0.1) is 11.8 Å². The Morgan fingerprint density at radius 3 is 1.19 bits per heavy atom. The van der Waals surface area contributed by atoms with E-state index in [1.807, 2.05) is 0 Å². The molecular weight excluding hydrogens is 432 g/mol. The van der Waals surface area contributed by atoms with Crippen LogP contribution in [0.3, 0.4) is 0 Å². The van der Waals surface area contributed by atoms with E-state index in [0.29, 0.717) is 0 Å². The lowest BCUT2D eigenvalue weighted by atomic mass is 9.98. The van der Waals surface area contributed by atoms with Crippen LogP contribution in [-0.4, -0.2) is 19.7 Å². The van der Waals surface area contributed by atoms with Crippen LogP contribution in [0.25, 0.3) is 0 Å². The molecule has 0 aliphatic heterocycles. The van der Waals surface area contributed by atoms with E-state index in [1.54, 1.807) is 27.7 Å². The van der Waals surface area contributed by atoms with E-state index >= 15 is 0 Å². The van der Waals surface area contributed by atoms with Gasteiger partial charge in [-0.3, -0.25) is 40.5 Å². The molecule has 13 heteroatoms. The summed E-state index contributed by atoms with van der Waals surface area (Å²) in [5.41, 5.74) is -1.35. The molecule has 0 spiro atoms.